The van der Waals surface area contributed by atoms with Gasteiger partial charge in [-0.05, 0) is 38.0 Å². The highest BCUT2D eigenvalue weighted by Gasteiger charge is 2.08. The zero-order chi connectivity index (χ0) is 14.4. The van der Waals surface area contributed by atoms with Gasteiger partial charge < -0.3 is 10.1 Å². The van der Waals surface area contributed by atoms with Crippen molar-refractivity contribution in [3.8, 4) is 5.75 Å². The Morgan fingerprint density at radius 2 is 2.00 bits per heavy atom. The average molecular weight is 272 g/mol. The first kappa shape index (κ1) is 14.8. The summed E-state index contributed by atoms with van der Waals surface area (Å²) in [5.74, 6) is 0.884. The van der Waals surface area contributed by atoms with Crippen molar-refractivity contribution in [1.29, 1.82) is 0 Å². The van der Waals surface area contributed by atoms with Crippen LogP contribution in [0.1, 0.15) is 33.6 Å². The molecular weight excluding hydrogens is 248 g/mol. The molecule has 1 heterocycles. The minimum atomic E-state index is 0.150. The van der Waals surface area contributed by atoms with Gasteiger partial charge in [-0.3, -0.25) is 4.98 Å². The molecule has 0 radical (unpaired) electrons. The topological polar surface area (TPSA) is 34.1 Å². The minimum absolute atomic E-state index is 0.150. The summed E-state index contributed by atoms with van der Waals surface area (Å²) in [7, 11) is 0. The lowest BCUT2D eigenvalue weighted by molar-refractivity contribution is 0.210. The van der Waals surface area contributed by atoms with Crippen LogP contribution in [0.25, 0.3) is 10.9 Å². The van der Waals surface area contributed by atoms with E-state index in [1.54, 1.807) is 0 Å². The largest absolute Gasteiger partial charge is 0.489 e. The Hall–Kier alpha value is -1.61. The Kier molecular flexibility index (Phi) is 5.36. The summed E-state index contributed by atoms with van der Waals surface area (Å²) in [5.41, 5.74) is 0.977. The second-order valence-electron chi connectivity index (χ2n) is 5.21. The van der Waals surface area contributed by atoms with Crippen molar-refractivity contribution in [2.75, 3.05) is 6.54 Å². The lowest BCUT2D eigenvalue weighted by atomic mass is 10.1. The molecule has 1 N–H and O–H groups in total. The fourth-order valence-electron chi connectivity index (χ4n) is 2.30. The van der Waals surface area contributed by atoms with Crippen molar-refractivity contribution >= 4 is 10.9 Å². The van der Waals surface area contributed by atoms with Gasteiger partial charge in [-0.1, -0.05) is 19.9 Å². The second-order valence-corrected chi connectivity index (χ2v) is 5.21. The number of aromatic nitrogens is 1. The molecule has 108 valence electrons. The predicted octanol–water partition coefficient (Wildman–Crippen LogP) is 3.78. The zero-order valence-electron chi connectivity index (χ0n) is 12.6. The van der Waals surface area contributed by atoms with Crippen molar-refractivity contribution in [2.24, 2.45) is 0 Å². The van der Waals surface area contributed by atoms with E-state index >= 15 is 0 Å². The molecule has 1 aromatic carbocycles. The third-order valence-electron chi connectivity index (χ3n) is 3.59. The van der Waals surface area contributed by atoms with Gasteiger partial charge in [0.05, 0.1) is 5.52 Å². The molecule has 1 aromatic heterocycles. The fourth-order valence-corrected chi connectivity index (χ4v) is 2.30. The summed E-state index contributed by atoms with van der Waals surface area (Å²) in [4.78, 5) is 4.35. The van der Waals surface area contributed by atoms with E-state index in [4.69, 9.17) is 4.74 Å². The summed E-state index contributed by atoms with van der Waals surface area (Å²) in [6.45, 7) is 7.38. The first-order chi connectivity index (χ1) is 9.72. The molecule has 2 aromatic rings. The molecule has 1 atom stereocenters. The Morgan fingerprint density at radius 1 is 1.20 bits per heavy atom. The van der Waals surface area contributed by atoms with E-state index in [1.165, 1.54) is 0 Å². The summed E-state index contributed by atoms with van der Waals surface area (Å²) >= 11 is 0. The van der Waals surface area contributed by atoms with E-state index in [0.717, 1.165) is 36.0 Å². The number of hydrogen-bond acceptors (Lipinski definition) is 3. The third kappa shape index (κ3) is 3.94. The fraction of sp³-hybridized carbons (Fsp3) is 0.471. The zero-order valence-corrected chi connectivity index (χ0v) is 12.6. The van der Waals surface area contributed by atoms with Gasteiger partial charge in [0, 0.05) is 30.2 Å². The maximum atomic E-state index is 5.96. The van der Waals surface area contributed by atoms with Crippen LogP contribution in [0.4, 0.5) is 0 Å². The molecule has 1 unspecified atom stereocenters. The normalized spacial score (nSPS) is 12.8. The number of hydrogen-bond donors (Lipinski definition) is 1. The Bertz CT molecular complexity index is 537. The Labute approximate surface area is 121 Å². The van der Waals surface area contributed by atoms with Crippen LogP contribution >= 0.6 is 0 Å². The first-order valence-corrected chi connectivity index (χ1v) is 7.47. The van der Waals surface area contributed by atoms with E-state index in [-0.39, 0.29) is 6.10 Å². The number of nitrogens with one attached hydrogen (secondary N) is 1. The van der Waals surface area contributed by atoms with Crippen LogP contribution < -0.4 is 10.1 Å². The minimum Gasteiger partial charge on any atom is -0.489 e. The quantitative estimate of drug-likeness (QED) is 0.833. The number of benzene rings is 1. The number of fused-ring (bicyclic) bond motifs is 1. The van der Waals surface area contributed by atoms with Crippen molar-refractivity contribution in [3.63, 3.8) is 0 Å². The van der Waals surface area contributed by atoms with Gasteiger partial charge in [0.15, 0.2) is 0 Å². The molecule has 0 saturated heterocycles. The van der Waals surface area contributed by atoms with E-state index in [9.17, 15) is 0 Å². The lowest BCUT2D eigenvalue weighted by Gasteiger charge is -2.20. The molecule has 0 bridgehead atoms. The van der Waals surface area contributed by atoms with Crippen LogP contribution in [0.5, 0.6) is 5.75 Å². The lowest BCUT2D eigenvalue weighted by Crippen LogP contribution is -2.36. The molecule has 0 aliphatic rings. The van der Waals surface area contributed by atoms with Crippen molar-refractivity contribution < 1.29 is 4.74 Å². The number of nitrogens with zero attached hydrogens (tertiary/aromatic N) is 1. The molecule has 20 heavy (non-hydrogen) atoms. The number of pyridine rings is 1. The molecule has 0 saturated carbocycles. The molecule has 3 nitrogen and oxygen atoms in total. The average Bonchev–Trinajstić information content (AvgIpc) is 2.48. The molecule has 0 aliphatic carbocycles. The van der Waals surface area contributed by atoms with E-state index < -0.39 is 0 Å². The summed E-state index contributed by atoms with van der Waals surface area (Å²) in [5, 5.41) is 4.68. The molecule has 0 spiro atoms. The highest BCUT2D eigenvalue weighted by Crippen LogP contribution is 2.19. The SMILES string of the molecule is CCC(CC)NCC(C)Oc1ccc2cccnc2c1. The first-order valence-electron chi connectivity index (χ1n) is 7.47. The maximum absolute atomic E-state index is 5.96. The van der Waals surface area contributed by atoms with Crippen molar-refractivity contribution in [3.05, 3.63) is 36.5 Å². The van der Waals surface area contributed by atoms with Gasteiger partial charge in [-0.2, -0.15) is 0 Å². The summed E-state index contributed by atoms with van der Waals surface area (Å²) < 4.78 is 5.96. The van der Waals surface area contributed by atoms with E-state index in [0.29, 0.717) is 6.04 Å². The van der Waals surface area contributed by atoms with Crippen LogP contribution in [0.3, 0.4) is 0 Å². The Balaban J connectivity index is 1.93. The standard InChI is InChI=1S/C17H24N2O/c1-4-15(5-2)19-12-13(3)20-16-9-8-14-7-6-10-18-17(14)11-16/h6-11,13,15,19H,4-5,12H2,1-3H3. The van der Waals surface area contributed by atoms with Crippen LogP contribution in [0, 0.1) is 0 Å². The van der Waals surface area contributed by atoms with E-state index in [1.807, 2.05) is 24.4 Å². The van der Waals surface area contributed by atoms with Gasteiger partial charge in [-0.25, -0.2) is 0 Å². The van der Waals surface area contributed by atoms with Crippen molar-refractivity contribution in [1.82, 2.24) is 10.3 Å². The third-order valence-corrected chi connectivity index (χ3v) is 3.59. The summed E-state index contributed by atoms with van der Waals surface area (Å²) in [6, 6.07) is 10.7. The van der Waals surface area contributed by atoms with Gasteiger partial charge in [0.2, 0.25) is 0 Å². The van der Waals surface area contributed by atoms with Crippen LogP contribution in [-0.4, -0.2) is 23.7 Å². The number of rotatable bonds is 7. The predicted molar refractivity (Wildman–Crippen MR) is 84.2 cm³/mol. The molecule has 0 fully saturated rings. The van der Waals surface area contributed by atoms with Gasteiger partial charge in [0.1, 0.15) is 11.9 Å². The molecule has 3 heteroatoms. The smallest absolute Gasteiger partial charge is 0.121 e. The van der Waals surface area contributed by atoms with Crippen LogP contribution in [-0.2, 0) is 0 Å². The maximum Gasteiger partial charge on any atom is 0.121 e. The highest BCUT2D eigenvalue weighted by atomic mass is 16.5. The number of ether oxygens (including phenoxy) is 1. The molecule has 0 amide bonds. The van der Waals surface area contributed by atoms with Crippen LogP contribution in [0.15, 0.2) is 36.5 Å². The molecular formula is C17H24N2O. The molecule has 2 rings (SSSR count). The Morgan fingerprint density at radius 3 is 2.75 bits per heavy atom. The van der Waals surface area contributed by atoms with Gasteiger partial charge in [0.25, 0.3) is 0 Å². The van der Waals surface area contributed by atoms with Crippen molar-refractivity contribution in [2.45, 2.75) is 45.8 Å². The van der Waals surface area contributed by atoms with E-state index in [2.05, 4.69) is 43.2 Å². The second kappa shape index (κ2) is 7.25. The highest BCUT2D eigenvalue weighted by molar-refractivity contribution is 5.79. The molecule has 0 aliphatic heterocycles. The monoisotopic (exact) mass is 272 g/mol. The van der Waals surface area contributed by atoms with Gasteiger partial charge in [-0.15, -0.1) is 0 Å². The van der Waals surface area contributed by atoms with Gasteiger partial charge >= 0.3 is 0 Å². The summed E-state index contributed by atoms with van der Waals surface area (Å²) in [6.07, 6.45) is 4.27. The van der Waals surface area contributed by atoms with Crippen LogP contribution in [0.2, 0.25) is 0 Å².